The summed E-state index contributed by atoms with van der Waals surface area (Å²) in [7, 11) is 0. The third-order valence-electron chi connectivity index (χ3n) is 5.60. The van der Waals surface area contributed by atoms with Crippen molar-refractivity contribution in [2.75, 3.05) is 13.1 Å². The van der Waals surface area contributed by atoms with Gasteiger partial charge in [0.25, 0.3) is 0 Å². The van der Waals surface area contributed by atoms with Gasteiger partial charge in [-0.1, -0.05) is 36.4 Å². The van der Waals surface area contributed by atoms with E-state index in [1.54, 1.807) is 0 Å². The van der Waals surface area contributed by atoms with E-state index < -0.39 is 0 Å². The van der Waals surface area contributed by atoms with Crippen LogP contribution >= 0.6 is 0 Å². The molecule has 2 fully saturated rings. The Bertz CT molecular complexity index is 695. The van der Waals surface area contributed by atoms with Crippen LogP contribution in [0.2, 0.25) is 0 Å². The van der Waals surface area contributed by atoms with Crippen molar-refractivity contribution in [2.24, 2.45) is 0 Å². The van der Waals surface area contributed by atoms with Gasteiger partial charge in [-0.05, 0) is 44.4 Å². The summed E-state index contributed by atoms with van der Waals surface area (Å²) in [5.41, 5.74) is 2.53. The fourth-order valence-corrected chi connectivity index (χ4v) is 4.24. The Morgan fingerprint density at radius 2 is 1.54 bits per heavy atom. The standard InChI is InChI=1S/C21H24N2O/c1-3-9-19-17(7-1)21(18-8-2-4-10-20(18)24-19)22-15-6-5-13-23(14-15)16-11-12-16/h1-4,7-10,15-16,21-22H,5-6,11-14H2. The van der Waals surface area contributed by atoms with Gasteiger partial charge in [-0.3, -0.25) is 4.90 Å². The number of piperidine rings is 1. The number of benzene rings is 2. The maximum absolute atomic E-state index is 6.12. The highest BCUT2D eigenvalue weighted by atomic mass is 16.5. The molecule has 2 aromatic carbocycles. The first-order valence-electron chi connectivity index (χ1n) is 9.24. The predicted molar refractivity (Wildman–Crippen MR) is 95.6 cm³/mol. The fraction of sp³-hybridized carbons (Fsp3) is 0.429. The Balaban J connectivity index is 1.44. The number of ether oxygens (including phenoxy) is 1. The van der Waals surface area contributed by atoms with Crippen LogP contribution in [0.1, 0.15) is 42.9 Å². The van der Waals surface area contributed by atoms with Crippen molar-refractivity contribution in [2.45, 2.75) is 43.8 Å². The first-order valence-corrected chi connectivity index (χ1v) is 9.24. The van der Waals surface area contributed by atoms with E-state index in [1.807, 2.05) is 0 Å². The Morgan fingerprint density at radius 3 is 2.21 bits per heavy atom. The van der Waals surface area contributed by atoms with Crippen LogP contribution in [0, 0.1) is 0 Å². The van der Waals surface area contributed by atoms with E-state index in [1.165, 1.54) is 49.9 Å². The maximum atomic E-state index is 6.12. The zero-order valence-electron chi connectivity index (χ0n) is 13.9. The van der Waals surface area contributed by atoms with Gasteiger partial charge in [-0.2, -0.15) is 0 Å². The second-order valence-electron chi connectivity index (χ2n) is 7.34. The summed E-state index contributed by atoms with van der Waals surface area (Å²) in [6, 6.07) is 18.6. The first-order chi connectivity index (χ1) is 11.9. The summed E-state index contributed by atoms with van der Waals surface area (Å²) in [5, 5.41) is 3.96. The average Bonchev–Trinajstić information content (AvgIpc) is 3.47. The van der Waals surface area contributed by atoms with Gasteiger partial charge in [0.1, 0.15) is 11.5 Å². The molecule has 3 heteroatoms. The van der Waals surface area contributed by atoms with Crippen molar-refractivity contribution >= 4 is 0 Å². The minimum Gasteiger partial charge on any atom is -0.457 e. The van der Waals surface area contributed by atoms with Crippen molar-refractivity contribution in [1.29, 1.82) is 0 Å². The number of hydrogen-bond donors (Lipinski definition) is 1. The molecular formula is C21H24N2O. The minimum atomic E-state index is 0.232. The first kappa shape index (κ1) is 14.5. The number of hydrogen-bond acceptors (Lipinski definition) is 3. The zero-order valence-corrected chi connectivity index (χ0v) is 13.9. The smallest absolute Gasteiger partial charge is 0.132 e. The number of nitrogens with zero attached hydrogens (tertiary/aromatic N) is 1. The predicted octanol–water partition coefficient (Wildman–Crippen LogP) is 4.10. The van der Waals surface area contributed by atoms with Gasteiger partial charge < -0.3 is 10.1 Å². The summed E-state index contributed by atoms with van der Waals surface area (Å²) in [6.07, 6.45) is 5.37. The second-order valence-corrected chi connectivity index (χ2v) is 7.34. The number of para-hydroxylation sites is 2. The Labute approximate surface area is 143 Å². The quantitative estimate of drug-likeness (QED) is 0.921. The van der Waals surface area contributed by atoms with Crippen molar-refractivity contribution < 1.29 is 4.74 Å². The van der Waals surface area contributed by atoms with Crippen LogP contribution in [-0.2, 0) is 0 Å². The van der Waals surface area contributed by atoms with Gasteiger partial charge in [0.05, 0.1) is 6.04 Å². The molecule has 1 unspecified atom stereocenters. The molecule has 124 valence electrons. The van der Waals surface area contributed by atoms with E-state index in [0.29, 0.717) is 6.04 Å². The Hall–Kier alpha value is -1.84. The van der Waals surface area contributed by atoms with Gasteiger partial charge in [0.15, 0.2) is 0 Å². The third kappa shape index (κ3) is 2.62. The molecule has 0 spiro atoms. The van der Waals surface area contributed by atoms with E-state index in [9.17, 15) is 0 Å². The molecular weight excluding hydrogens is 296 g/mol. The molecule has 1 saturated heterocycles. The van der Waals surface area contributed by atoms with E-state index in [4.69, 9.17) is 4.74 Å². The second kappa shape index (κ2) is 5.91. The number of likely N-dealkylation sites (tertiary alicyclic amines) is 1. The maximum Gasteiger partial charge on any atom is 0.132 e. The zero-order chi connectivity index (χ0) is 15.9. The fourth-order valence-electron chi connectivity index (χ4n) is 4.24. The van der Waals surface area contributed by atoms with Crippen LogP contribution in [0.4, 0.5) is 0 Å². The Morgan fingerprint density at radius 1 is 0.875 bits per heavy atom. The molecule has 0 aromatic heterocycles. The molecule has 1 N–H and O–H groups in total. The molecule has 1 atom stereocenters. The van der Waals surface area contributed by atoms with Crippen LogP contribution in [0.3, 0.4) is 0 Å². The molecule has 1 saturated carbocycles. The molecule has 3 aliphatic rings. The van der Waals surface area contributed by atoms with Crippen LogP contribution < -0.4 is 10.1 Å². The van der Waals surface area contributed by atoms with Crippen molar-refractivity contribution in [3.8, 4) is 11.5 Å². The van der Waals surface area contributed by atoms with Gasteiger partial charge >= 0.3 is 0 Å². The SMILES string of the molecule is c1ccc2c(c1)Oc1ccccc1C2NC1CCCN(C2CC2)C1. The van der Waals surface area contributed by atoms with Crippen molar-refractivity contribution in [3.63, 3.8) is 0 Å². The molecule has 2 aliphatic heterocycles. The molecule has 0 amide bonds. The summed E-state index contributed by atoms with van der Waals surface area (Å²) in [4.78, 5) is 2.69. The van der Waals surface area contributed by atoms with Crippen LogP contribution in [0.15, 0.2) is 48.5 Å². The van der Waals surface area contributed by atoms with Gasteiger partial charge in [0.2, 0.25) is 0 Å². The molecule has 24 heavy (non-hydrogen) atoms. The normalized spacial score (nSPS) is 24.1. The number of rotatable bonds is 3. The minimum absolute atomic E-state index is 0.232. The average molecular weight is 320 g/mol. The van der Waals surface area contributed by atoms with Crippen LogP contribution in [0.25, 0.3) is 0 Å². The summed E-state index contributed by atoms with van der Waals surface area (Å²) in [6.45, 7) is 2.47. The van der Waals surface area contributed by atoms with E-state index >= 15 is 0 Å². The highest BCUT2D eigenvalue weighted by molar-refractivity contribution is 5.52. The lowest BCUT2D eigenvalue weighted by atomic mass is 9.92. The largest absolute Gasteiger partial charge is 0.457 e. The van der Waals surface area contributed by atoms with Gasteiger partial charge in [-0.15, -0.1) is 0 Å². The van der Waals surface area contributed by atoms with E-state index in [0.717, 1.165) is 17.5 Å². The molecule has 2 heterocycles. The lowest BCUT2D eigenvalue weighted by molar-refractivity contribution is 0.176. The molecule has 1 aliphatic carbocycles. The van der Waals surface area contributed by atoms with E-state index in [-0.39, 0.29) is 6.04 Å². The van der Waals surface area contributed by atoms with Crippen molar-refractivity contribution in [3.05, 3.63) is 59.7 Å². The summed E-state index contributed by atoms with van der Waals surface area (Å²) < 4.78 is 6.12. The molecule has 2 aromatic rings. The molecule has 3 nitrogen and oxygen atoms in total. The lowest BCUT2D eigenvalue weighted by Crippen LogP contribution is -2.48. The molecule has 0 bridgehead atoms. The number of nitrogens with one attached hydrogen (secondary N) is 1. The monoisotopic (exact) mass is 320 g/mol. The van der Waals surface area contributed by atoms with Gasteiger partial charge in [0, 0.05) is 29.8 Å². The topological polar surface area (TPSA) is 24.5 Å². The molecule has 0 radical (unpaired) electrons. The highest BCUT2D eigenvalue weighted by Gasteiger charge is 2.34. The lowest BCUT2D eigenvalue weighted by Gasteiger charge is -2.37. The number of fused-ring (bicyclic) bond motifs is 2. The van der Waals surface area contributed by atoms with Crippen LogP contribution in [-0.4, -0.2) is 30.1 Å². The van der Waals surface area contributed by atoms with Crippen molar-refractivity contribution in [1.82, 2.24) is 10.2 Å². The third-order valence-corrected chi connectivity index (χ3v) is 5.60. The molecule has 5 rings (SSSR count). The highest BCUT2D eigenvalue weighted by Crippen LogP contribution is 2.43. The Kier molecular flexibility index (Phi) is 3.57. The summed E-state index contributed by atoms with van der Waals surface area (Å²) >= 11 is 0. The van der Waals surface area contributed by atoms with Crippen LogP contribution in [0.5, 0.6) is 11.5 Å². The van der Waals surface area contributed by atoms with Gasteiger partial charge in [-0.25, -0.2) is 0 Å². The van der Waals surface area contributed by atoms with E-state index in [2.05, 4.69) is 58.7 Å². The summed E-state index contributed by atoms with van der Waals surface area (Å²) in [5.74, 6) is 1.98.